The Labute approximate surface area is 158 Å². The van der Waals surface area contributed by atoms with Gasteiger partial charge in [-0.05, 0) is 60.0 Å². The van der Waals surface area contributed by atoms with Gasteiger partial charge in [0.25, 0.3) is 10.0 Å². The topological polar surface area (TPSA) is 66.5 Å². The van der Waals surface area contributed by atoms with Crippen LogP contribution in [-0.4, -0.2) is 20.9 Å². The van der Waals surface area contributed by atoms with E-state index in [4.69, 9.17) is 0 Å². The number of thiophene rings is 1. The summed E-state index contributed by atoms with van der Waals surface area (Å²) in [5, 5.41) is 4.12. The lowest BCUT2D eigenvalue weighted by Gasteiger charge is -2.23. The van der Waals surface area contributed by atoms with Crippen molar-refractivity contribution in [2.75, 3.05) is 16.2 Å². The minimum atomic E-state index is -4.01. The minimum Gasteiger partial charge on any atom is -0.325 e. The van der Waals surface area contributed by atoms with Crippen LogP contribution in [0.15, 0.2) is 70.3 Å². The van der Waals surface area contributed by atoms with Crippen LogP contribution in [0.1, 0.15) is 0 Å². The maximum absolute atomic E-state index is 13.2. The fraction of sp³-hybridized carbons (Fsp3) is 0.0556. The number of hydrogen-bond acceptors (Lipinski definition) is 4. The number of nitrogens with one attached hydrogen (secondary N) is 1. The number of benzene rings is 2. The average Bonchev–Trinajstić information content (AvgIpc) is 3.18. The number of hydrogen-bond donors (Lipinski definition) is 1. The van der Waals surface area contributed by atoms with E-state index in [0.29, 0.717) is 5.69 Å². The van der Waals surface area contributed by atoms with Gasteiger partial charge in [0.15, 0.2) is 0 Å². The Morgan fingerprint density at radius 3 is 2.11 bits per heavy atom. The SMILES string of the molecule is O=C(CN(c1ccc(F)cc1)S(=O)(=O)c1cccs1)Nc1ccc(F)cc1. The Morgan fingerprint density at radius 1 is 0.963 bits per heavy atom. The molecule has 1 heterocycles. The summed E-state index contributed by atoms with van der Waals surface area (Å²) in [6.45, 7) is -0.525. The van der Waals surface area contributed by atoms with Gasteiger partial charge in [0, 0.05) is 5.69 Å². The van der Waals surface area contributed by atoms with Crippen LogP contribution in [0, 0.1) is 11.6 Å². The predicted molar refractivity (Wildman–Crippen MR) is 100 cm³/mol. The van der Waals surface area contributed by atoms with Crippen LogP contribution in [-0.2, 0) is 14.8 Å². The molecule has 0 bridgehead atoms. The monoisotopic (exact) mass is 408 g/mol. The number of nitrogens with zero attached hydrogens (tertiary/aromatic N) is 1. The van der Waals surface area contributed by atoms with Gasteiger partial charge in [-0.25, -0.2) is 17.2 Å². The summed E-state index contributed by atoms with van der Waals surface area (Å²) in [4.78, 5) is 12.4. The van der Waals surface area contributed by atoms with Gasteiger partial charge in [0.05, 0.1) is 5.69 Å². The quantitative estimate of drug-likeness (QED) is 0.674. The molecule has 0 spiro atoms. The van der Waals surface area contributed by atoms with Crippen LogP contribution in [0.25, 0.3) is 0 Å². The molecule has 0 atom stereocenters. The molecule has 0 aliphatic heterocycles. The Hall–Kier alpha value is -2.78. The zero-order chi connectivity index (χ0) is 19.4. The van der Waals surface area contributed by atoms with Crippen LogP contribution >= 0.6 is 11.3 Å². The number of sulfonamides is 1. The lowest BCUT2D eigenvalue weighted by molar-refractivity contribution is -0.114. The molecule has 1 aromatic heterocycles. The molecular formula is C18H14F2N2O3S2. The van der Waals surface area contributed by atoms with E-state index in [2.05, 4.69) is 5.32 Å². The average molecular weight is 408 g/mol. The van der Waals surface area contributed by atoms with Crippen molar-refractivity contribution >= 4 is 38.6 Å². The van der Waals surface area contributed by atoms with E-state index >= 15 is 0 Å². The van der Waals surface area contributed by atoms with Crippen LogP contribution in [0.2, 0.25) is 0 Å². The summed E-state index contributed by atoms with van der Waals surface area (Å²) in [7, 11) is -4.01. The van der Waals surface area contributed by atoms with Crippen molar-refractivity contribution in [3.8, 4) is 0 Å². The van der Waals surface area contributed by atoms with Crippen molar-refractivity contribution in [3.63, 3.8) is 0 Å². The van der Waals surface area contributed by atoms with E-state index in [1.54, 1.807) is 11.4 Å². The van der Waals surface area contributed by atoms with Gasteiger partial charge in [-0.3, -0.25) is 9.10 Å². The van der Waals surface area contributed by atoms with E-state index < -0.39 is 34.1 Å². The fourth-order valence-corrected chi connectivity index (χ4v) is 4.83. The third kappa shape index (κ3) is 4.50. The summed E-state index contributed by atoms with van der Waals surface area (Å²) in [5.74, 6) is -1.60. The van der Waals surface area contributed by atoms with Crippen molar-refractivity contribution in [1.29, 1.82) is 0 Å². The van der Waals surface area contributed by atoms with Gasteiger partial charge in [-0.15, -0.1) is 11.3 Å². The summed E-state index contributed by atoms with van der Waals surface area (Å²) >= 11 is 1.01. The van der Waals surface area contributed by atoms with E-state index in [0.717, 1.165) is 27.8 Å². The molecule has 0 saturated heterocycles. The van der Waals surface area contributed by atoms with Gasteiger partial charge >= 0.3 is 0 Å². The Bertz CT molecular complexity index is 1020. The molecule has 3 aromatic rings. The van der Waals surface area contributed by atoms with Crippen LogP contribution in [0.5, 0.6) is 0 Å². The Kier molecular flexibility index (Phi) is 5.52. The molecule has 3 rings (SSSR count). The molecule has 0 unspecified atom stereocenters. The maximum atomic E-state index is 13.2. The highest BCUT2D eigenvalue weighted by atomic mass is 32.2. The smallest absolute Gasteiger partial charge is 0.274 e. The molecular weight excluding hydrogens is 394 g/mol. The first-order chi connectivity index (χ1) is 12.9. The van der Waals surface area contributed by atoms with E-state index in [1.165, 1.54) is 42.5 Å². The number of anilines is 2. The number of halogens is 2. The third-order valence-corrected chi connectivity index (χ3v) is 6.72. The summed E-state index contributed by atoms with van der Waals surface area (Å²) < 4.78 is 53.0. The van der Waals surface area contributed by atoms with Crippen LogP contribution < -0.4 is 9.62 Å². The van der Waals surface area contributed by atoms with Crippen molar-refractivity contribution in [3.05, 3.63) is 77.7 Å². The summed E-state index contributed by atoms with van der Waals surface area (Å²) in [5.41, 5.74) is 0.480. The molecule has 9 heteroatoms. The second-order valence-electron chi connectivity index (χ2n) is 5.48. The van der Waals surface area contributed by atoms with Crippen LogP contribution in [0.4, 0.5) is 20.2 Å². The van der Waals surface area contributed by atoms with Gasteiger partial charge in [0.1, 0.15) is 22.4 Å². The first kappa shape index (κ1) is 19.0. The molecule has 5 nitrogen and oxygen atoms in total. The molecule has 0 saturated carbocycles. The van der Waals surface area contributed by atoms with E-state index in [9.17, 15) is 22.0 Å². The molecule has 0 fully saturated rings. The highest BCUT2D eigenvalue weighted by molar-refractivity contribution is 7.94. The molecule has 2 aromatic carbocycles. The zero-order valence-corrected chi connectivity index (χ0v) is 15.4. The summed E-state index contributed by atoms with van der Waals surface area (Å²) in [6, 6.07) is 12.9. The highest BCUT2D eigenvalue weighted by Gasteiger charge is 2.28. The van der Waals surface area contributed by atoms with Crippen molar-refractivity contribution in [2.24, 2.45) is 0 Å². The molecule has 0 aliphatic rings. The van der Waals surface area contributed by atoms with Crippen molar-refractivity contribution in [2.45, 2.75) is 4.21 Å². The maximum Gasteiger partial charge on any atom is 0.274 e. The number of amides is 1. The van der Waals surface area contributed by atoms with Gasteiger partial charge < -0.3 is 5.32 Å². The third-order valence-electron chi connectivity index (χ3n) is 3.57. The number of carbonyl (C=O) groups excluding carboxylic acids is 1. The predicted octanol–water partition coefficient (Wildman–Crippen LogP) is 3.86. The molecule has 1 N–H and O–H groups in total. The van der Waals surface area contributed by atoms with Crippen molar-refractivity contribution < 1.29 is 22.0 Å². The Morgan fingerprint density at radius 2 is 1.56 bits per heavy atom. The first-order valence-corrected chi connectivity index (χ1v) is 10.1. The lowest BCUT2D eigenvalue weighted by atomic mass is 10.3. The van der Waals surface area contributed by atoms with Gasteiger partial charge in [-0.2, -0.15) is 0 Å². The molecule has 1 amide bonds. The fourth-order valence-electron chi connectivity index (χ4n) is 2.31. The highest BCUT2D eigenvalue weighted by Crippen LogP contribution is 2.26. The lowest BCUT2D eigenvalue weighted by Crippen LogP contribution is -2.37. The van der Waals surface area contributed by atoms with Crippen molar-refractivity contribution in [1.82, 2.24) is 0 Å². The second kappa shape index (κ2) is 7.85. The van der Waals surface area contributed by atoms with Crippen LogP contribution in [0.3, 0.4) is 0 Å². The normalized spacial score (nSPS) is 11.2. The Balaban J connectivity index is 1.89. The zero-order valence-electron chi connectivity index (χ0n) is 13.8. The minimum absolute atomic E-state index is 0.0569. The largest absolute Gasteiger partial charge is 0.325 e. The van der Waals surface area contributed by atoms with E-state index in [1.807, 2.05) is 0 Å². The number of rotatable bonds is 6. The molecule has 140 valence electrons. The first-order valence-electron chi connectivity index (χ1n) is 7.73. The summed E-state index contributed by atoms with van der Waals surface area (Å²) in [6.07, 6.45) is 0. The number of carbonyl (C=O) groups is 1. The molecule has 27 heavy (non-hydrogen) atoms. The van der Waals surface area contributed by atoms with Gasteiger partial charge in [0.2, 0.25) is 5.91 Å². The van der Waals surface area contributed by atoms with E-state index in [-0.39, 0.29) is 9.90 Å². The molecule has 0 radical (unpaired) electrons. The standard InChI is InChI=1S/C18H14F2N2O3S2/c19-13-3-7-15(8-4-13)21-17(23)12-22(16-9-5-14(20)6-10-16)27(24,25)18-2-1-11-26-18/h1-11H,12H2,(H,21,23). The second-order valence-corrected chi connectivity index (χ2v) is 8.51. The molecule has 0 aliphatic carbocycles. The van der Waals surface area contributed by atoms with Gasteiger partial charge in [-0.1, -0.05) is 6.07 Å².